The van der Waals surface area contributed by atoms with Crippen molar-refractivity contribution >= 4 is 5.91 Å². The standard InChI is InChI=1S/C17H23NO3/c1-4-10-21-15-8-7-14(11-16(15)20-3)17(19)18-9-5-6-13(2)12-18/h4,7-8,11,13H,1,5-6,9-10,12H2,2-3H3. The fourth-order valence-electron chi connectivity index (χ4n) is 2.63. The van der Waals surface area contributed by atoms with Crippen LogP contribution in [0.5, 0.6) is 11.5 Å². The van der Waals surface area contributed by atoms with Gasteiger partial charge in [0.2, 0.25) is 0 Å². The predicted molar refractivity (Wildman–Crippen MR) is 83.0 cm³/mol. The van der Waals surface area contributed by atoms with E-state index >= 15 is 0 Å². The quantitative estimate of drug-likeness (QED) is 0.782. The van der Waals surface area contributed by atoms with Crippen molar-refractivity contribution in [2.75, 3.05) is 26.8 Å². The number of carbonyl (C=O) groups excluding carboxylic acids is 1. The second-order valence-electron chi connectivity index (χ2n) is 5.46. The van der Waals surface area contributed by atoms with Gasteiger partial charge in [0.1, 0.15) is 6.61 Å². The van der Waals surface area contributed by atoms with Crippen molar-refractivity contribution in [1.82, 2.24) is 4.90 Å². The predicted octanol–water partition coefficient (Wildman–Crippen LogP) is 3.13. The van der Waals surface area contributed by atoms with Crippen molar-refractivity contribution < 1.29 is 14.3 Å². The van der Waals surface area contributed by atoms with Gasteiger partial charge in [-0.15, -0.1) is 0 Å². The number of amides is 1. The summed E-state index contributed by atoms with van der Waals surface area (Å²) in [6, 6.07) is 5.32. The highest BCUT2D eigenvalue weighted by Gasteiger charge is 2.22. The Labute approximate surface area is 126 Å². The lowest BCUT2D eigenvalue weighted by Crippen LogP contribution is -2.39. The Morgan fingerprint density at radius 1 is 1.48 bits per heavy atom. The van der Waals surface area contributed by atoms with Crippen LogP contribution in [0.25, 0.3) is 0 Å². The number of benzene rings is 1. The molecule has 1 aromatic carbocycles. The first-order valence-corrected chi connectivity index (χ1v) is 7.36. The minimum absolute atomic E-state index is 0.0649. The summed E-state index contributed by atoms with van der Waals surface area (Å²) in [5.74, 6) is 1.84. The van der Waals surface area contributed by atoms with Gasteiger partial charge in [-0.25, -0.2) is 0 Å². The number of likely N-dealkylation sites (tertiary alicyclic amines) is 1. The summed E-state index contributed by atoms with van der Waals surface area (Å²) in [5.41, 5.74) is 0.645. The summed E-state index contributed by atoms with van der Waals surface area (Å²) in [6.45, 7) is 7.88. The van der Waals surface area contributed by atoms with Gasteiger partial charge in [-0.05, 0) is 37.0 Å². The van der Waals surface area contributed by atoms with Crippen molar-refractivity contribution in [1.29, 1.82) is 0 Å². The molecule has 1 unspecified atom stereocenters. The van der Waals surface area contributed by atoms with Crippen LogP contribution in [0.15, 0.2) is 30.9 Å². The molecule has 21 heavy (non-hydrogen) atoms. The van der Waals surface area contributed by atoms with Gasteiger partial charge < -0.3 is 14.4 Å². The fourth-order valence-corrected chi connectivity index (χ4v) is 2.63. The van der Waals surface area contributed by atoms with Crippen LogP contribution in [0.1, 0.15) is 30.1 Å². The normalized spacial score (nSPS) is 18.2. The van der Waals surface area contributed by atoms with Crippen LogP contribution < -0.4 is 9.47 Å². The Morgan fingerprint density at radius 2 is 2.29 bits per heavy atom. The Bertz CT molecular complexity index is 513. The number of hydrogen-bond acceptors (Lipinski definition) is 3. The van der Waals surface area contributed by atoms with E-state index in [1.165, 1.54) is 6.42 Å². The molecule has 0 radical (unpaired) electrons. The molecule has 1 amide bonds. The van der Waals surface area contributed by atoms with Crippen LogP contribution in [-0.2, 0) is 0 Å². The number of piperidine rings is 1. The molecule has 1 aliphatic rings. The van der Waals surface area contributed by atoms with Gasteiger partial charge >= 0.3 is 0 Å². The Kier molecular flexibility index (Phi) is 5.26. The molecule has 0 aromatic heterocycles. The molecule has 114 valence electrons. The van der Waals surface area contributed by atoms with E-state index in [2.05, 4.69) is 13.5 Å². The smallest absolute Gasteiger partial charge is 0.254 e. The van der Waals surface area contributed by atoms with Gasteiger partial charge in [0.25, 0.3) is 5.91 Å². The maximum absolute atomic E-state index is 12.6. The lowest BCUT2D eigenvalue weighted by atomic mass is 9.99. The van der Waals surface area contributed by atoms with Crippen LogP contribution in [0.4, 0.5) is 0 Å². The van der Waals surface area contributed by atoms with E-state index in [0.717, 1.165) is 19.5 Å². The molecule has 0 N–H and O–H groups in total. The van der Waals surface area contributed by atoms with Crippen molar-refractivity contribution in [3.63, 3.8) is 0 Å². The number of hydrogen-bond donors (Lipinski definition) is 0. The number of rotatable bonds is 5. The Balaban J connectivity index is 2.15. The van der Waals surface area contributed by atoms with Gasteiger partial charge in [0, 0.05) is 18.7 Å². The SMILES string of the molecule is C=CCOc1ccc(C(=O)N2CCCC(C)C2)cc1OC. The fraction of sp³-hybridized carbons (Fsp3) is 0.471. The lowest BCUT2D eigenvalue weighted by molar-refractivity contribution is 0.0682. The van der Waals surface area contributed by atoms with Crippen LogP contribution in [0.2, 0.25) is 0 Å². The zero-order valence-corrected chi connectivity index (χ0v) is 12.8. The largest absolute Gasteiger partial charge is 0.493 e. The molecule has 4 heteroatoms. The van der Waals surface area contributed by atoms with Crippen molar-refractivity contribution in [2.24, 2.45) is 5.92 Å². The van der Waals surface area contributed by atoms with Crippen LogP contribution in [-0.4, -0.2) is 37.6 Å². The van der Waals surface area contributed by atoms with Crippen molar-refractivity contribution in [3.8, 4) is 11.5 Å². The molecule has 1 aliphatic heterocycles. The minimum atomic E-state index is 0.0649. The molecule has 1 saturated heterocycles. The van der Waals surface area contributed by atoms with E-state index < -0.39 is 0 Å². The molecule has 2 rings (SSSR count). The maximum atomic E-state index is 12.6. The zero-order valence-electron chi connectivity index (χ0n) is 12.8. The molecule has 1 aromatic rings. The van der Waals surface area contributed by atoms with E-state index in [1.807, 2.05) is 4.90 Å². The summed E-state index contributed by atoms with van der Waals surface area (Å²) < 4.78 is 10.8. The van der Waals surface area contributed by atoms with Gasteiger partial charge in [0.15, 0.2) is 11.5 Å². The topological polar surface area (TPSA) is 38.8 Å². The van der Waals surface area contributed by atoms with E-state index in [-0.39, 0.29) is 5.91 Å². The second-order valence-corrected chi connectivity index (χ2v) is 5.46. The number of carbonyl (C=O) groups is 1. The molecule has 0 spiro atoms. The highest BCUT2D eigenvalue weighted by Crippen LogP contribution is 2.29. The molecule has 0 bridgehead atoms. The monoisotopic (exact) mass is 289 g/mol. The number of methoxy groups -OCH3 is 1. The molecule has 0 saturated carbocycles. The summed E-state index contributed by atoms with van der Waals surface area (Å²) in [5, 5.41) is 0. The zero-order chi connectivity index (χ0) is 15.2. The first-order valence-electron chi connectivity index (χ1n) is 7.36. The summed E-state index contributed by atoms with van der Waals surface area (Å²) in [6.07, 6.45) is 3.94. The van der Waals surface area contributed by atoms with Crippen LogP contribution >= 0.6 is 0 Å². The summed E-state index contributed by atoms with van der Waals surface area (Å²) in [7, 11) is 1.58. The average Bonchev–Trinajstić information content (AvgIpc) is 2.52. The van der Waals surface area contributed by atoms with Crippen molar-refractivity contribution in [3.05, 3.63) is 36.4 Å². The molecule has 1 atom stereocenters. The third-order valence-electron chi connectivity index (χ3n) is 3.71. The summed E-state index contributed by atoms with van der Waals surface area (Å²) in [4.78, 5) is 14.5. The first kappa shape index (κ1) is 15.4. The van der Waals surface area contributed by atoms with Gasteiger partial charge in [-0.3, -0.25) is 4.79 Å². The molecular formula is C17H23NO3. The minimum Gasteiger partial charge on any atom is -0.493 e. The van der Waals surface area contributed by atoms with Crippen LogP contribution in [0.3, 0.4) is 0 Å². The van der Waals surface area contributed by atoms with E-state index in [9.17, 15) is 4.79 Å². The molecule has 4 nitrogen and oxygen atoms in total. The molecular weight excluding hydrogens is 266 g/mol. The second kappa shape index (κ2) is 7.16. The lowest BCUT2D eigenvalue weighted by Gasteiger charge is -2.31. The Morgan fingerprint density at radius 3 is 2.95 bits per heavy atom. The molecule has 0 aliphatic carbocycles. The highest BCUT2D eigenvalue weighted by atomic mass is 16.5. The first-order chi connectivity index (χ1) is 10.2. The number of ether oxygens (including phenoxy) is 2. The van der Waals surface area contributed by atoms with E-state index in [4.69, 9.17) is 9.47 Å². The molecule has 1 fully saturated rings. The van der Waals surface area contributed by atoms with Crippen LogP contribution in [0, 0.1) is 5.92 Å². The van der Waals surface area contributed by atoms with E-state index in [0.29, 0.717) is 29.6 Å². The third kappa shape index (κ3) is 3.78. The van der Waals surface area contributed by atoms with Gasteiger partial charge in [-0.2, -0.15) is 0 Å². The third-order valence-corrected chi connectivity index (χ3v) is 3.71. The van der Waals surface area contributed by atoms with Gasteiger partial charge in [-0.1, -0.05) is 19.6 Å². The summed E-state index contributed by atoms with van der Waals surface area (Å²) >= 11 is 0. The van der Waals surface area contributed by atoms with Gasteiger partial charge in [0.05, 0.1) is 7.11 Å². The highest BCUT2D eigenvalue weighted by molar-refractivity contribution is 5.95. The number of nitrogens with zero attached hydrogens (tertiary/aromatic N) is 1. The average molecular weight is 289 g/mol. The van der Waals surface area contributed by atoms with Crippen molar-refractivity contribution in [2.45, 2.75) is 19.8 Å². The van der Waals surface area contributed by atoms with E-state index in [1.54, 1.807) is 31.4 Å². The Hall–Kier alpha value is -1.97. The maximum Gasteiger partial charge on any atom is 0.254 e. The molecule has 1 heterocycles.